The summed E-state index contributed by atoms with van der Waals surface area (Å²) in [6.07, 6.45) is 8.55. The lowest BCUT2D eigenvalue weighted by atomic mass is 9.88. The molecule has 0 heterocycles. The van der Waals surface area contributed by atoms with Gasteiger partial charge in [0.05, 0.1) is 0 Å². The van der Waals surface area contributed by atoms with Crippen molar-refractivity contribution in [2.75, 3.05) is 0 Å². The Morgan fingerprint density at radius 1 is 0.340 bits per heavy atom. The minimum atomic E-state index is 1.26. The van der Waals surface area contributed by atoms with Gasteiger partial charge >= 0.3 is 0 Å². The predicted molar refractivity (Wildman–Crippen MR) is 216 cm³/mol. The van der Waals surface area contributed by atoms with Crippen LogP contribution in [-0.4, -0.2) is 0 Å². The van der Waals surface area contributed by atoms with Crippen LogP contribution in [0.5, 0.6) is 0 Å². The standard InChI is InChI=1S/C24H24.C17H18.3C2H6/c1-5-10-20-16-23(21-13-8-6-11-17(21)2)19(4)15-24(20)22-14-9-7-12-18(22)3;1-4-7-15-11-10-14(3)17(12-15)16-9-6-5-8-13(16)2;3*1-2/h5-16H,1-4H3;4-12H,1-3H3;3*1-2H3/b10-5+;7-4+;;;. The van der Waals surface area contributed by atoms with Crippen LogP contribution in [0.15, 0.2) is 115 Å². The van der Waals surface area contributed by atoms with Gasteiger partial charge in [0, 0.05) is 0 Å². The van der Waals surface area contributed by atoms with Crippen LogP contribution in [0.25, 0.3) is 45.5 Å². The molecule has 0 atom stereocenters. The Morgan fingerprint density at radius 3 is 1.15 bits per heavy atom. The fourth-order valence-corrected chi connectivity index (χ4v) is 5.42. The molecule has 0 heteroatoms. The average Bonchev–Trinajstić information content (AvgIpc) is 3.10. The molecule has 5 aromatic rings. The van der Waals surface area contributed by atoms with Gasteiger partial charge in [-0.15, -0.1) is 0 Å². The summed E-state index contributed by atoms with van der Waals surface area (Å²) in [5.41, 5.74) is 17.0. The molecule has 5 aromatic carbocycles. The lowest BCUT2D eigenvalue weighted by molar-refractivity contribution is 1.39. The van der Waals surface area contributed by atoms with Crippen LogP contribution in [0.4, 0.5) is 0 Å². The topological polar surface area (TPSA) is 0 Å². The molecule has 248 valence electrons. The van der Waals surface area contributed by atoms with Gasteiger partial charge in [-0.25, -0.2) is 0 Å². The van der Waals surface area contributed by atoms with Crippen LogP contribution in [-0.2, 0) is 0 Å². The highest BCUT2D eigenvalue weighted by Crippen LogP contribution is 2.35. The first-order valence-corrected chi connectivity index (χ1v) is 17.5. The van der Waals surface area contributed by atoms with Crippen molar-refractivity contribution >= 4 is 12.2 Å². The molecule has 0 spiro atoms. The van der Waals surface area contributed by atoms with Gasteiger partial charge in [0.2, 0.25) is 0 Å². The third-order valence-electron chi connectivity index (χ3n) is 7.67. The van der Waals surface area contributed by atoms with Gasteiger partial charge < -0.3 is 0 Å². The summed E-state index contributed by atoms with van der Waals surface area (Å²) in [5, 5.41) is 0. The molecule has 0 saturated carbocycles. The zero-order valence-corrected chi connectivity index (χ0v) is 31.6. The van der Waals surface area contributed by atoms with Gasteiger partial charge in [0.1, 0.15) is 0 Å². The largest absolute Gasteiger partial charge is 0.0871 e. The van der Waals surface area contributed by atoms with Crippen molar-refractivity contribution in [3.05, 3.63) is 154 Å². The fourth-order valence-electron chi connectivity index (χ4n) is 5.42. The van der Waals surface area contributed by atoms with Gasteiger partial charge in [0.15, 0.2) is 0 Å². The molecule has 0 fully saturated rings. The molecule has 47 heavy (non-hydrogen) atoms. The first-order chi connectivity index (χ1) is 22.8. The highest BCUT2D eigenvalue weighted by molar-refractivity contribution is 5.83. The monoisotopic (exact) mass is 624 g/mol. The smallest absolute Gasteiger partial charge is 0.0106 e. The van der Waals surface area contributed by atoms with E-state index in [9.17, 15) is 0 Å². The number of hydrogen-bond acceptors (Lipinski definition) is 0. The molecule has 0 saturated heterocycles. The summed E-state index contributed by atoms with van der Waals surface area (Å²) in [6, 6.07) is 37.0. The summed E-state index contributed by atoms with van der Waals surface area (Å²) >= 11 is 0. The molecule has 0 aliphatic carbocycles. The number of allylic oxidation sites excluding steroid dienone is 2. The minimum absolute atomic E-state index is 1.26. The molecule has 0 aromatic heterocycles. The van der Waals surface area contributed by atoms with Crippen molar-refractivity contribution in [2.24, 2.45) is 0 Å². The van der Waals surface area contributed by atoms with E-state index in [-0.39, 0.29) is 0 Å². The van der Waals surface area contributed by atoms with E-state index >= 15 is 0 Å². The van der Waals surface area contributed by atoms with Crippen LogP contribution < -0.4 is 0 Å². The number of benzene rings is 5. The Bertz CT molecular complexity index is 1690. The average molecular weight is 625 g/mol. The fraction of sp³-hybridized carbons (Fsp3) is 0.277. The number of aryl methyl sites for hydroxylation is 5. The third kappa shape index (κ3) is 11.4. The summed E-state index contributed by atoms with van der Waals surface area (Å²) in [5.74, 6) is 0. The molecule has 0 nitrogen and oxygen atoms in total. The van der Waals surface area contributed by atoms with Gasteiger partial charge in [0.25, 0.3) is 0 Å². The second-order valence-corrected chi connectivity index (χ2v) is 10.8. The van der Waals surface area contributed by atoms with Crippen molar-refractivity contribution in [1.29, 1.82) is 0 Å². The SMILES string of the molecule is C/C=C/c1cc(-c2ccccc2C)c(C)cc1-c1ccccc1C.C/C=C/c1ccc(C)c(-c2ccccc2C)c1.CC.CC.CC. The quantitative estimate of drug-likeness (QED) is 0.182. The first-order valence-electron chi connectivity index (χ1n) is 17.5. The molecule has 0 unspecified atom stereocenters. The molecule has 0 N–H and O–H groups in total. The predicted octanol–water partition coefficient (Wildman–Crippen LogP) is 15.1. The van der Waals surface area contributed by atoms with Crippen molar-refractivity contribution in [1.82, 2.24) is 0 Å². The molecule has 0 radical (unpaired) electrons. The van der Waals surface area contributed by atoms with E-state index in [0.29, 0.717) is 0 Å². The Balaban J connectivity index is 0.000000422. The maximum Gasteiger partial charge on any atom is -0.0106 e. The van der Waals surface area contributed by atoms with Crippen molar-refractivity contribution in [3.8, 4) is 33.4 Å². The van der Waals surface area contributed by atoms with Crippen molar-refractivity contribution in [3.63, 3.8) is 0 Å². The van der Waals surface area contributed by atoms with E-state index in [1.807, 2.05) is 48.5 Å². The van der Waals surface area contributed by atoms with E-state index in [1.54, 1.807) is 0 Å². The van der Waals surface area contributed by atoms with Gasteiger partial charge in [-0.2, -0.15) is 0 Å². The molecular formula is C47H60. The third-order valence-corrected chi connectivity index (χ3v) is 7.67. The molecule has 0 aliphatic heterocycles. The van der Waals surface area contributed by atoms with Crippen LogP contribution >= 0.6 is 0 Å². The van der Waals surface area contributed by atoms with E-state index in [2.05, 4.69) is 169 Å². The highest BCUT2D eigenvalue weighted by atomic mass is 14.2. The summed E-state index contributed by atoms with van der Waals surface area (Å²) in [7, 11) is 0. The zero-order chi connectivity index (χ0) is 35.4. The Hall–Kier alpha value is -4.42. The van der Waals surface area contributed by atoms with Crippen LogP contribution in [0, 0.1) is 34.6 Å². The Kier molecular flexibility index (Phi) is 19.1. The van der Waals surface area contributed by atoms with Crippen LogP contribution in [0.3, 0.4) is 0 Å². The van der Waals surface area contributed by atoms with Crippen LogP contribution in [0.2, 0.25) is 0 Å². The highest BCUT2D eigenvalue weighted by Gasteiger charge is 2.12. The van der Waals surface area contributed by atoms with Gasteiger partial charge in [-0.05, 0) is 133 Å². The Morgan fingerprint density at radius 2 is 0.723 bits per heavy atom. The van der Waals surface area contributed by atoms with E-state index in [1.165, 1.54) is 72.3 Å². The van der Waals surface area contributed by atoms with E-state index in [4.69, 9.17) is 0 Å². The minimum Gasteiger partial charge on any atom is -0.0871 e. The molecule has 5 rings (SSSR count). The summed E-state index contributed by atoms with van der Waals surface area (Å²) in [4.78, 5) is 0. The number of rotatable bonds is 5. The second-order valence-electron chi connectivity index (χ2n) is 10.8. The Labute approximate surface area is 289 Å². The van der Waals surface area contributed by atoms with Crippen molar-refractivity contribution in [2.45, 2.75) is 90.0 Å². The van der Waals surface area contributed by atoms with Gasteiger partial charge in [-0.3, -0.25) is 0 Å². The van der Waals surface area contributed by atoms with E-state index < -0.39 is 0 Å². The summed E-state index contributed by atoms with van der Waals surface area (Å²) < 4.78 is 0. The molecule has 0 amide bonds. The maximum atomic E-state index is 2.33. The molecular weight excluding hydrogens is 565 g/mol. The van der Waals surface area contributed by atoms with Crippen LogP contribution in [0.1, 0.15) is 94.3 Å². The zero-order valence-electron chi connectivity index (χ0n) is 31.6. The number of hydrogen-bond donors (Lipinski definition) is 0. The first kappa shape index (κ1) is 40.6. The lowest BCUT2D eigenvalue weighted by Gasteiger charge is -2.16. The second kappa shape index (κ2) is 22.2. The normalized spacial score (nSPS) is 10.1. The van der Waals surface area contributed by atoms with Gasteiger partial charge in [-0.1, -0.05) is 157 Å². The van der Waals surface area contributed by atoms with Crippen molar-refractivity contribution < 1.29 is 0 Å². The van der Waals surface area contributed by atoms with E-state index in [0.717, 1.165) is 0 Å². The lowest BCUT2D eigenvalue weighted by Crippen LogP contribution is -1.93. The maximum absolute atomic E-state index is 2.33. The molecule has 0 bridgehead atoms. The molecule has 0 aliphatic rings. The summed E-state index contributed by atoms with van der Waals surface area (Å²) in [6.45, 7) is 27.0.